The quantitative estimate of drug-likeness (QED) is 0.847. The summed E-state index contributed by atoms with van der Waals surface area (Å²) in [6.45, 7) is 7.33. The van der Waals surface area contributed by atoms with Gasteiger partial charge in [0.1, 0.15) is 0 Å². The SMILES string of the molecule is Cc1cc(CCCC(=O)NCC2CCCNC2)c(C)s1. The van der Waals surface area contributed by atoms with Crippen molar-refractivity contribution in [1.82, 2.24) is 10.6 Å². The number of carbonyl (C=O) groups is 1. The second kappa shape index (κ2) is 7.79. The monoisotopic (exact) mass is 294 g/mol. The molecular formula is C16H26N2OS. The number of carbonyl (C=O) groups excluding carboxylic acids is 1. The smallest absolute Gasteiger partial charge is 0.220 e. The van der Waals surface area contributed by atoms with Gasteiger partial charge in [0.2, 0.25) is 5.91 Å². The number of piperidine rings is 1. The minimum Gasteiger partial charge on any atom is -0.356 e. The van der Waals surface area contributed by atoms with Crippen molar-refractivity contribution in [1.29, 1.82) is 0 Å². The summed E-state index contributed by atoms with van der Waals surface area (Å²) in [6, 6.07) is 2.26. The molecule has 2 heterocycles. The summed E-state index contributed by atoms with van der Waals surface area (Å²) in [4.78, 5) is 14.6. The van der Waals surface area contributed by atoms with Crippen LogP contribution in [0.25, 0.3) is 0 Å². The van der Waals surface area contributed by atoms with Gasteiger partial charge in [-0.2, -0.15) is 0 Å². The van der Waals surface area contributed by atoms with Gasteiger partial charge in [-0.05, 0) is 70.2 Å². The highest BCUT2D eigenvalue weighted by atomic mass is 32.1. The van der Waals surface area contributed by atoms with E-state index in [-0.39, 0.29) is 5.91 Å². The minimum absolute atomic E-state index is 0.208. The van der Waals surface area contributed by atoms with Gasteiger partial charge in [0.05, 0.1) is 0 Å². The first kappa shape index (κ1) is 15.5. The molecule has 2 rings (SSSR count). The van der Waals surface area contributed by atoms with Crippen LogP contribution in [0.15, 0.2) is 6.07 Å². The fourth-order valence-electron chi connectivity index (χ4n) is 2.82. The van der Waals surface area contributed by atoms with Crippen LogP contribution in [-0.2, 0) is 11.2 Å². The molecule has 112 valence electrons. The van der Waals surface area contributed by atoms with Crippen molar-refractivity contribution in [2.75, 3.05) is 19.6 Å². The van der Waals surface area contributed by atoms with Gasteiger partial charge >= 0.3 is 0 Å². The zero-order chi connectivity index (χ0) is 14.4. The van der Waals surface area contributed by atoms with Crippen LogP contribution in [0.2, 0.25) is 0 Å². The van der Waals surface area contributed by atoms with E-state index in [9.17, 15) is 4.79 Å². The molecule has 0 saturated carbocycles. The molecule has 4 heteroatoms. The third kappa shape index (κ3) is 4.91. The fourth-order valence-corrected chi connectivity index (χ4v) is 3.79. The van der Waals surface area contributed by atoms with E-state index in [1.54, 1.807) is 0 Å². The van der Waals surface area contributed by atoms with E-state index in [0.717, 1.165) is 32.5 Å². The summed E-state index contributed by atoms with van der Waals surface area (Å²) >= 11 is 1.85. The highest BCUT2D eigenvalue weighted by Gasteiger charge is 2.13. The maximum atomic E-state index is 11.8. The average Bonchev–Trinajstić information content (AvgIpc) is 2.76. The third-order valence-corrected chi connectivity index (χ3v) is 4.99. The topological polar surface area (TPSA) is 41.1 Å². The lowest BCUT2D eigenvalue weighted by Crippen LogP contribution is -2.38. The van der Waals surface area contributed by atoms with E-state index < -0.39 is 0 Å². The number of hydrogen-bond donors (Lipinski definition) is 2. The Bertz CT molecular complexity index is 436. The van der Waals surface area contributed by atoms with Crippen LogP contribution in [0, 0.1) is 19.8 Å². The lowest BCUT2D eigenvalue weighted by molar-refractivity contribution is -0.121. The molecule has 1 saturated heterocycles. The van der Waals surface area contributed by atoms with Gasteiger partial charge in [-0.1, -0.05) is 0 Å². The molecule has 20 heavy (non-hydrogen) atoms. The second-order valence-corrected chi connectivity index (χ2v) is 7.27. The summed E-state index contributed by atoms with van der Waals surface area (Å²) in [7, 11) is 0. The van der Waals surface area contributed by atoms with Crippen LogP contribution >= 0.6 is 11.3 Å². The summed E-state index contributed by atoms with van der Waals surface area (Å²) in [6.07, 6.45) is 5.09. The molecule has 0 bridgehead atoms. The molecule has 1 fully saturated rings. The first-order valence-corrected chi connectivity index (χ1v) is 8.50. The van der Waals surface area contributed by atoms with Crippen molar-refractivity contribution in [2.24, 2.45) is 5.92 Å². The number of thiophene rings is 1. The molecule has 1 atom stereocenters. The van der Waals surface area contributed by atoms with Crippen molar-refractivity contribution in [2.45, 2.75) is 46.0 Å². The largest absolute Gasteiger partial charge is 0.356 e. The molecule has 1 aromatic heterocycles. The Morgan fingerprint density at radius 1 is 1.50 bits per heavy atom. The molecule has 1 amide bonds. The lowest BCUT2D eigenvalue weighted by Gasteiger charge is -2.22. The van der Waals surface area contributed by atoms with Crippen LogP contribution in [0.1, 0.15) is 41.0 Å². The predicted molar refractivity (Wildman–Crippen MR) is 85.3 cm³/mol. The minimum atomic E-state index is 0.208. The number of rotatable bonds is 6. The van der Waals surface area contributed by atoms with E-state index in [1.807, 2.05) is 11.3 Å². The highest BCUT2D eigenvalue weighted by Crippen LogP contribution is 2.22. The number of nitrogens with one attached hydrogen (secondary N) is 2. The first-order valence-electron chi connectivity index (χ1n) is 7.68. The van der Waals surface area contributed by atoms with E-state index >= 15 is 0 Å². The van der Waals surface area contributed by atoms with E-state index in [4.69, 9.17) is 0 Å². The van der Waals surface area contributed by atoms with Crippen LogP contribution in [0.3, 0.4) is 0 Å². The number of amides is 1. The van der Waals surface area contributed by atoms with Gasteiger partial charge < -0.3 is 10.6 Å². The lowest BCUT2D eigenvalue weighted by atomic mass is 10.00. The molecule has 0 aromatic carbocycles. The molecule has 1 aliphatic heterocycles. The molecule has 1 aliphatic rings. The zero-order valence-corrected chi connectivity index (χ0v) is 13.4. The van der Waals surface area contributed by atoms with Gasteiger partial charge in [-0.15, -0.1) is 11.3 Å². The maximum absolute atomic E-state index is 11.8. The van der Waals surface area contributed by atoms with Crippen LogP contribution < -0.4 is 10.6 Å². The molecular weight excluding hydrogens is 268 g/mol. The van der Waals surface area contributed by atoms with E-state index in [0.29, 0.717) is 12.3 Å². The van der Waals surface area contributed by atoms with Gasteiger partial charge in [-0.25, -0.2) is 0 Å². The Morgan fingerprint density at radius 3 is 3.00 bits per heavy atom. The van der Waals surface area contributed by atoms with Gasteiger partial charge in [0.25, 0.3) is 0 Å². The van der Waals surface area contributed by atoms with Crippen molar-refractivity contribution in [3.8, 4) is 0 Å². The van der Waals surface area contributed by atoms with E-state index in [2.05, 4.69) is 30.5 Å². The first-order chi connectivity index (χ1) is 9.65. The Morgan fingerprint density at radius 2 is 2.35 bits per heavy atom. The van der Waals surface area contributed by atoms with Gasteiger partial charge in [-0.3, -0.25) is 4.79 Å². The molecule has 3 nitrogen and oxygen atoms in total. The molecule has 0 aliphatic carbocycles. The summed E-state index contributed by atoms with van der Waals surface area (Å²) in [5.74, 6) is 0.828. The molecule has 1 unspecified atom stereocenters. The average molecular weight is 294 g/mol. The standard InChI is InChI=1S/C16H26N2OS/c1-12-9-15(13(2)20-12)6-3-7-16(19)18-11-14-5-4-8-17-10-14/h9,14,17H,3-8,10-11H2,1-2H3,(H,18,19). The second-order valence-electron chi connectivity index (χ2n) is 5.81. The van der Waals surface area contributed by atoms with Crippen molar-refractivity contribution in [3.63, 3.8) is 0 Å². The number of aryl methyl sites for hydroxylation is 3. The van der Waals surface area contributed by atoms with E-state index in [1.165, 1.54) is 28.2 Å². The van der Waals surface area contributed by atoms with Crippen LogP contribution in [-0.4, -0.2) is 25.5 Å². The Hall–Kier alpha value is -0.870. The Labute approximate surface area is 126 Å². The van der Waals surface area contributed by atoms with Crippen LogP contribution in [0.4, 0.5) is 0 Å². The summed E-state index contributed by atoms with van der Waals surface area (Å²) in [5.41, 5.74) is 1.41. The van der Waals surface area contributed by atoms with Crippen LogP contribution in [0.5, 0.6) is 0 Å². The summed E-state index contributed by atoms with van der Waals surface area (Å²) in [5, 5.41) is 6.46. The zero-order valence-electron chi connectivity index (χ0n) is 12.6. The molecule has 0 radical (unpaired) electrons. The van der Waals surface area contributed by atoms with Crippen molar-refractivity contribution >= 4 is 17.2 Å². The normalized spacial score (nSPS) is 19.0. The van der Waals surface area contributed by atoms with Crippen molar-refractivity contribution in [3.05, 3.63) is 21.4 Å². The molecule has 0 spiro atoms. The van der Waals surface area contributed by atoms with Crippen molar-refractivity contribution < 1.29 is 4.79 Å². The predicted octanol–water partition coefficient (Wildman–Crippen LogP) is 2.80. The molecule has 1 aromatic rings. The van der Waals surface area contributed by atoms with Gasteiger partial charge in [0.15, 0.2) is 0 Å². The third-order valence-electron chi connectivity index (χ3n) is 3.98. The van der Waals surface area contributed by atoms with Gasteiger partial charge in [0, 0.05) is 22.7 Å². The Kier molecular flexibility index (Phi) is 6.05. The Balaban J connectivity index is 1.61. The molecule has 2 N–H and O–H groups in total. The number of hydrogen-bond acceptors (Lipinski definition) is 3. The maximum Gasteiger partial charge on any atom is 0.220 e. The fraction of sp³-hybridized carbons (Fsp3) is 0.688. The highest BCUT2D eigenvalue weighted by molar-refractivity contribution is 7.12. The summed E-state index contributed by atoms with van der Waals surface area (Å²) < 4.78 is 0.